The van der Waals surface area contributed by atoms with Crippen molar-refractivity contribution in [3.63, 3.8) is 0 Å². The van der Waals surface area contributed by atoms with E-state index in [1.165, 1.54) is 4.57 Å². The lowest BCUT2D eigenvalue weighted by molar-refractivity contribution is 0.0954. The van der Waals surface area contributed by atoms with Gasteiger partial charge in [0.25, 0.3) is 11.5 Å². The van der Waals surface area contributed by atoms with Crippen LogP contribution in [0, 0.1) is 4.77 Å². The summed E-state index contributed by atoms with van der Waals surface area (Å²) < 4.78 is 3.65. The van der Waals surface area contributed by atoms with E-state index in [9.17, 15) is 9.59 Å². The highest BCUT2D eigenvalue weighted by Crippen LogP contribution is 2.11. The quantitative estimate of drug-likeness (QED) is 0.470. The van der Waals surface area contributed by atoms with Crippen LogP contribution >= 0.6 is 12.2 Å². The van der Waals surface area contributed by atoms with Gasteiger partial charge in [0.1, 0.15) is 0 Å². The van der Waals surface area contributed by atoms with E-state index in [0.717, 1.165) is 11.3 Å². The monoisotopic (exact) mass is 419 g/mol. The van der Waals surface area contributed by atoms with Gasteiger partial charge in [0.05, 0.1) is 22.8 Å². The molecule has 2 N–H and O–H groups in total. The van der Waals surface area contributed by atoms with Crippen molar-refractivity contribution < 1.29 is 4.79 Å². The highest BCUT2D eigenvalue weighted by molar-refractivity contribution is 7.71. The van der Waals surface area contributed by atoms with E-state index in [2.05, 4.69) is 15.4 Å². The maximum absolute atomic E-state index is 12.5. The number of benzene rings is 2. The van der Waals surface area contributed by atoms with Crippen LogP contribution in [0.15, 0.2) is 65.7 Å². The molecule has 0 saturated carbocycles. The third-order valence-electron chi connectivity index (χ3n) is 4.92. The Labute approximate surface area is 178 Å². The molecule has 0 aliphatic carbocycles. The molecule has 0 bridgehead atoms. The van der Waals surface area contributed by atoms with E-state index in [4.69, 9.17) is 12.2 Å². The number of amides is 1. The lowest BCUT2D eigenvalue weighted by atomic mass is 10.1. The molecule has 7 nitrogen and oxygen atoms in total. The first-order valence-corrected chi connectivity index (χ1v) is 10.1. The highest BCUT2D eigenvalue weighted by Gasteiger charge is 2.10. The summed E-state index contributed by atoms with van der Waals surface area (Å²) in [5, 5.41) is 7.79. The van der Waals surface area contributed by atoms with Crippen molar-refractivity contribution in [2.24, 2.45) is 0 Å². The summed E-state index contributed by atoms with van der Waals surface area (Å²) in [4.78, 5) is 28.0. The first-order chi connectivity index (χ1) is 14.6. The van der Waals surface area contributed by atoms with E-state index in [0.29, 0.717) is 40.7 Å². The van der Waals surface area contributed by atoms with Crippen LogP contribution in [0.5, 0.6) is 0 Å². The number of carbonyl (C=O) groups is 1. The number of nitrogens with one attached hydrogen (secondary N) is 2. The van der Waals surface area contributed by atoms with Crippen molar-refractivity contribution in [1.82, 2.24) is 24.6 Å². The molecule has 0 radical (unpaired) electrons. The van der Waals surface area contributed by atoms with Gasteiger partial charge in [-0.1, -0.05) is 18.2 Å². The van der Waals surface area contributed by atoms with Crippen molar-refractivity contribution in [2.75, 3.05) is 6.54 Å². The fourth-order valence-electron chi connectivity index (χ4n) is 3.32. The van der Waals surface area contributed by atoms with Gasteiger partial charge in [0.2, 0.25) is 0 Å². The second-order valence-corrected chi connectivity index (χ2v) is 7.26. The molecule has 0 unspecified atom stereocenters. The van der Waals surface area contributed by atoms with E-state index in [-0.39, 0.29) is 11.5 Å². The maximum atomic E-state index is 12.5. The lowest BCUT2D eigenvalue weighted by Crippen LogP contribution is -2.26. The molecule has 0 atom stereocenters. The van der Waals surface area contributed by atoms with E-state index in [1.54, 1.807) is 24.4 Å². The average molecular weight is 420 g/mol. The number of hydrogen-bond acceptors (Lipinski definition) is 4. The summed E-state index contributed by atoms with van der Waals surface area (Å²) in [6.07, 6.45) is 4.42. The van der Waals surface area contributed by atoms with Crippen LogP contribution in [0.4, 0.5) is 0 Å². The molecule has 0 spiro atoms. The average Bonchev–Trinajstić information content (AvgIpc) is 3.23. The first kappa shape index (κ1) is 19.8. The molecule has 0 aliphatic heterocycles. The van der Waals surface area contributed by atoms with Crippen LogP contribution in [-0.4, -0.2) is 31.8 Å². The Morgan fingerprint density at radius 3 is 2.77 bits per heavy atom. The number of nitrogens with zero attached hydrogens (tertiary/aromatic N) is 3. The van der Waals surface area contributed by atoms with Gasteiger partial charge >= 0.3 is 0 Å². The van der Waals surface area contributed by atoms with Gasteiger partial charge in [-0.25, -0.2) is 4.68 Å². The predicted molar refractivity (Wildman–Crippen MR) is 119 cm³/mol. The van der Waals surface area contributed by atoms with Gasteiger partial charge in [-0.2, -0.15) is 5.10 Å². The fourth-order valence-corrected chi connectivity index (χ4v) is 3.64. The molecule has 0 aliphatic rings. The first-order valence-electron chi connectivity index (χ1n) is 9.71. The number of H-pyrrole nitrogens is 1. The van der Waals surface area contributed by atoms with Crippen LogP contribution in [0.3, 0.4) is 0 Å². The zero-order valence-corrected chi connectivity index (χ0v) is 17.3. The lowest BCUT2D eigenvalue weighted by Gasteiger charge is -2.08. The van der Waals surface area contributed by atoms with Crippen molar-refractivity contribution in [3.8, 4) is 5.69 Å². The normalized spacial score (nSPS) is 11.0. The van der Waals surface area contributed by atoms with Crippen LogP contribution in [0.25, 0.3) is 16.6 Å². The second kappa shape index (κ2) is 8.46. The molecule has 4 rings (SSSR count). The molecule has 8 heteroatoms. The maximum Gasteiger partial charge on any atom is 0.262 e. The number of hydrogen-bond donors (Lipinski definition) is 2. The Hall–Kier alpha value is -3.52. The Morgan fingerprint density at radius 1 is 1.20 bits per heavy atom. The Morgan fingerprint density at radius 2 is 2.00 bits per heavy atom. The number of aromatic amines is 1. The van der Waals surface area contributed by atoms with Gasteiger partial charge in [0, 0.05) is 24.8 Å². The van der Waals surface area contributed by atoms with Gasteiger partial charge in [-0.15, -0.1) is 0 Å². The third-order valence-corrected chi connectivity index (χ3v) is 5.24. The van der Waals surface area contributed by atoms with Crippen molar-refractivity contribution >= 4 is 29.0 Å². The fraction of sp³-hybridized carbons (Fsp3) is 0.182. The van der Waals surface area contributed by atoms with Gasteiger partial charge in [-0.3, -0.25) is 14.2 Å². The summed E-state index contributed by atoms with van der Waals surface area (Å²) in [6.45, 7) is 2.83. The smallest absolute Gasteiger partial charge is 0.262 e. The number of fused-ring (bicyclic) bond motifs is 1. The van der Waals surface area contributed by atoms with Gasteiger partial charge in [-0.05, 0) is 61.5 Å². The molecular formula is C22H21N5O2S. The Bertz CT molecular complexity index is 1320. The summed E-state index contributed by atoms with van der Waals surface area (Å²) in [7, 11) is 0. The van der Waals surface area contributed by atoms with Crippen molar-refractivity contribution in [2.45, 2.75) is 19.9 Å². The summed E-state index contributed by atoms with van der Waals surface area (Å²) in [5.41, 5.74) is 2.90. The molecule has 4 aromatic rings. The predicted octanol–water partition coefficient (Wildman–Crippen LogP) is 3.24. The number of carbonyl (C=O) groups excluding carboxylic acids is 1. The zero-order chi connectivity index (χ0) is 21.1. The number of aromatic nitrogens is 4. The van der Waals surface area contributed by atoms with Crippen LogP contribution in [0.1, 0.15) is 22.8 Å². The largest absolute Gasteiger partial charge is 0.352 e. The minimum absolute atomic E-state index is 0.154. The summed E-state index contributed by atoms with van der Waals surface area (Å²) >= 11 is 5.24. The molecule has 30 heavy (non-hydrogen) atoms. The zero-order valence-electron chi connectivity index (χ0n) is 16.5. The SMILES string of the molecule is CCn1c(=S)[nH]c2cc(C(=O)NCCc3cnn(-c4ccccc4)c3)ccc2c1=O. The molecule has 152 valence electrons. The molecule has 1 amide bonds. The summed E-state index contributed by atoms with van der Waals surface area (Å²) in [5.74, 6) is -0.202. The van der Waals surface area contributed by atoms with E-state index < -0.39 is 0 Å². The molecule has 2 aromatic heterocycles. The molecule has 0 fully saturated rings. The van der Waals surface area contributed by atoms with Crippen molar-refractivity contribution in [3.05, 3.63) is 87.2 Å². The second-order valence-electron chi connectivity index (χ2n) is 6.87. The third kappa shape index (κ3) is 3.95. The highest BCUT2D eigenvalue weighted by atomic mass is 32.1. The Kier molecular flexibility index (Phi) is 5.58. The van der Waals surface area contributed by atoms with Crippen LogP contribution in [-0.2, 0) is 13.0 Å². The van der Waals surface area contributed by atoms with Gasteiger partial charge in [0.15, 0.2) is 4.77 Å². The molecule has 2 heterocycles. The number of rotatable bonds is 6. The van der Waals surface area contributed by atoms with E-state index in [1.807, 2.05) is 48.1 Å². The van der Waals surface area contributed by atoms with Crippen molar-refractivity contribution in [1.29, 1.82) is 0 Å². The Balaban J connectivity index is 1.43. The summed E-state index contributed by atoms with van der Waals surface area (Å²) in [6, 6.07) is 14.8. The topological polar surface area (TPSA) is 84.7 Å². The van der Waals surface area contributed by atoms with Crippen LogP contribution in [0.2, 0.25) is 0 Å². The minimum Gasteiger partial charge on any atom is -0.352 e. The number of para-hydroxylation sites is 1. The molecular weight excluding hydrogens is 398 g/mol. The minimum atomic E-state index is -0.202. The van der Waals surface area contributed by atoms with Gasteiger partial charge < -0.3 is 10.3 Å². The standard InChI is InChI=1S/C22H21N5O2S/c1-2-26-21(29)18-9-8-16(12-19(18)25-22(26)30)20(28)23-11-10-15-13-24-27(14-15)17-6-4-3-5-7-17/h3-9,12-14H,2,10-11H2,1H3,(H,23,28)(H,25,30). The molecule has 2 aromatic carbocycles. The van der Waals surface area contributed by atoms with Crippen LogP contribution < -0.4 is 10.9 Å². The molecule has 0 saturated heterocycles. The van der Waals surface area contributed by atoms with E-state index >= 15 is 0 Å².